The highest BCUT2D eigenvalue weighted by Crippen LogP contribution is 2.15. The average Bonchev–Trinajstić information content (AvgIpc) is 2.47. The maximum absolute atomic E-state index is 12.0. The minimum absolute atomic E-state index is 0.125. The third kappa shape index (κ3) is 3.39. The van der Waals surface area contributed by atoms with Crippen molar-refractivity contribution >= 4 is 23.3 Å². The van der Waals surface area contributed by atoms with Gasteiger partial charge in [0.05, 0.1) is 12.1 Å². The van der Waals surface area contributed by atoms with Crippen molar-refractivity contribution in [1.82, 2.24) is 10.3 Å². The van der Waals surface area contributed by atoms with Crippen molar-refractivity contribution in [1.29, 1.82) is 0 Å². The molecule has 1 heterocycles. The Morgan fingerprint density at radius 2 is 2.00 bits per heavy atom. The number of carbonyl (C=O) groups excluding carboxylic acids is 1. The van der Waals surface area contributed by atoms with Crippen LogP contribution in [0.25, 0.3) is 0 Å². The third-order valence-corrected chi connectivity index (χ3v) is 3.00. The number of ether oxygens (including phenoxy) is 1. The molecule has 0 saturated carbocycles. The van der Waals surface area contributed by atoms with Crippen LogP contribution in [-0.2, 0) is 6.54 Å². The highest BCUT2D eigenvalue weighted by atomic mass is 35.5. The van der Waals surface area contributed by atoms with Gasteiger partial charge >= 0.3 is 0 Å². The Morgan fingerprint density at radius 1 is 1.30 bits per heavy atom. The average molecular weight is 292 g/mol. The number of hydrogen-bond acceptors (Lipinski definition) is 4. The summed E-state index contributed by atoms with van der Waals surface area (Å²) in [6.07, 6.45) is 0. The highest BCUT2D eigenvalue weighted by Gasteiger charge is 2.12. The van der Waals surface area contributed by atoms with Crippen LogP contribution in [-0.4, -0.2) is 18.0 Å². The Hall–Kier alpha value is -2.27. The number of nitrogens with zero attached hydrogens (tertiary/aromatic N) is 1. The second-order valence-corrected chi connectivity index (χ2v) is 4.50. The lowest BCUT2D eigenvalue weighted by molar-refractivity contribution is 0.0946. The molecule has 20 heavy (non-hydrogen) atoms. The van der Waals surface area contributed by atoms with E-state index in [-0.39, 0.29) is 22.4 Å². The summed E-state index contributed by atoms with van der Waals surface area (Å²) < 4.78 is 5.06. The number of aromatic nitrogens is 1. The van der Waals surface area contributed by atoms with Crippen LogP contribution < -0.4 is 15.8 Å². The molecule has 0 unspecified atom stereocenters. The first kappa shape index (κ1) is 14.1. The summed E-state index contributed by atoms with van der Waals surface area (Å²) in [5.74, 6) is 0.655. The Labute approximate surface area is 121 Å². The Morgan fingerprint density at radius 3 is 2.65 bits per heavy atom. The lowest BCUT2D eigenvalue weighted by Crippen LogP contribution is -2.24. The zero-order valence-electron chi connectivity index (χ0n) is 10.9. The molecule has 0 bridgehead atoms. The minimum atomic E-state index is -0.363. The molecule has 0 aliphatic carbocycles. The first-order chi connectivity index (χ1) is 9.60. The molecule has 6 heteroatoms. The van der Waals surface area contributed by atoms with E-state index in [0.717, 1.165) is 11.3 Å². The monoisotopic (exact) mass is 291 g/mol. The van der Waals surface area contributed by atoms with Crippen molar-refractivity contribution in [3.05, 3.63) is 52.7 Å². The summed E-state index contributed by atoms with van der Waals surface area (Å²) in [6.45, 7) is 0.371. The predicted molar refractivity (Wildman–Crippen MR) is 77.8 cm³/mol. The van der Waals surface area contributed by atoms with E-state index in [9.17, 15) is 4.79 Å². The van der Waals surface area contributed by atoms with Crippen molar-refractivity contribution in [2.75, 3.05) is 12.8 Å². The van der Waals surface area contributed by atoms with E-state index in [1.807, 2.05) is 24.3 Å². The Balaban J connectivity index is 2.02. The minimum Gasteiger partial charge on any atom is -0.497 e. The number of amides is 1. The molecular weight excluding hydrogens is 278 g/mol. The summed E-state index contributed by atoms with van der Waals surface area (Å²) in [6, 6.07) is 10.5. The number of nitrogens with two attached hydrogens (primary N) is 1. The molecule has 1 aromatic carbocycles. The number of nitrogen functional groups attached to an aromatic ring is 1. The lowest BCUT2D eigenvalue weighted by atomic mass is 10.2. The van der Waals surface area contributed by atoms with Gasteiger partial charge in [-0.25, -0.2) is 4.98 Å². The van der Waals surface area contributed by atoms with Crippen molar-refractivity contribution < 1.29 is 9.53 Å². The van der Waals surface area contributed by atoms with E-state index in [1.165, 1.54) is 0 Å². The summed E-state index contributed by atoms with van der Waals surface area (Å²) in [7, 11) is 1.60. The standard InChI is InChI=1S/C14H14ClN3O2/c1-20-10-4-2-9(3-5-10)8-17-14(19)13-11(15)6-7-12(16)18-13/h2-7H,8H2,1H3,(H2,16,18)(H,17,19). The van der Waals surface area contributed by atoms with Gasteiger partial charge in [-0.05, 0) is 29.8 Å². The number of rotatable bonds is 4. The van der Waals surface area contributed by atoms with E-state index in [2.05, 4.69) is 10.3 Å². The van der Waals surface area contributed by atoms with Crippen LogP contribution in [0.2, 0.25) is 5.02 Å². The van der Waals surface area contributed by atoms with Crippen LogP contribution in [0.3, 0.4) is 0 Å². The van der Waals surface area contributed by atoms with Crippen molar-refractivity contribution in [2.24, 2.45) is 0 Å². The molecule has 2 rings (SSSR count). The molecule has 2 aromatic rings. The number of anilines is 1. The highest BCUT2D eigenvalue weighted by molar-refractivity contribution is 6.33. The number of hydrogen-bond donors (Lipinski definition) is 2. The fourth-order valence-electron chi connectivity index (χ4n) is 1.63. The van der Waals surface area contributed by atoms with Crippen molar-refractivity contribution in [2.45, 2.75) is 6.54 Å². The first-order valence-electron chi connectivity index (χ1n) is 5.93. The van der Waals surface area contributed by atoms with Gasteiger partial charge in [0.1, 0.15) is 17.3 Å². The van der Waals surface area contributed by atoms with Gasteiger partial charge in [0, 0.05) is 6.54 Å². The van der Waals surface area contributed by atoms with Gasteiger partial charge < -0.3 is 15.8 Å². The predicted octanol–water partition coefficient (Wildman–Crippen LogP) is 2.26. The molecule has 0 aliphatic heterocycles. The number of benzene rings is 1. The molecule has 0 atom stereocenters. The maximum Gasteiger partial charge on any atom is 0.271 e. The number of nitrogens with one attached hydrogen (secondary N) is 1. The van der Waals surface area contributed by atoms with Gasteiger partial charge in [-0.2, -0.15) is 0 Å². The summed E-state index contributed by atoms with van der Waals surface area (Å²) >= 11 is 5.92. The molecule has 0 spiro atoms. The number of carbonyl (C=O) groups is 1. The molecule has 3 N–H and O–H groups in total. The van der Waals surface area contributed by atoms with Gasteiger partial charge in [0.25, 0.3) is 5.91 Å². The molecular formula is C14H14ClN3O2. The second-order valence-electron chi connectivity index (χ2n) is 4.10. The lowest BCUT2D eigenvalue weighted by Gasteiger charge is -2.07. The Kier molecular flexibility index (Phi) is 4.42. The summed E-state index contributed by atoms with van der Waals surface area (Å²) in [4.78, 5) is 15.9. The maximum atomic E-state index is 12.0. The van der Waals surface area contributed by atoms with E-state index < -0.39 is 0 Å². The number of halogens is 1. The zero-order chi connectivity index (χ0) is 14.5. The van der Waals surface area contributed by atoms with E-state index in [4.69, 9.17) is 22.1 Å². The van der Waals surface area contributed by atoms with Gasteiger partial charge in [-0.3, -0.25) is 4.79 Å². The molecule has 1 aromatic heterocycles. The van der Waals surface area contributed by atoms with Crippen LogP contribution >= 0.6 is 11.6 Å². The summed E-state index contributed by atoms with van der Waals surface area (Å²) in [5.41, 5.74) is 6.61. The molecule has 5 nitrogen and oxygen atoms in total. The SMILES string of the molecule is COc1ccc(CNC(=O)c2nc(N)ccc2Cl)cc1. The number of pyridine rings is 1. The topological polar surface area (TPSA) is 77.2 Å². The molecule has 0 saturated heterocycles. The molecule has 0 radical (unpaired) electrons. The largest absolute Gasteiger partial charge is 0.497 e. The number of methoxy groups -OCH3 is 1. The van der Waals surface area contributed by atoms with Crippen molar-refractivity contribution in [3.63, 3.8) is 0 Å². The van der Waals surface area contributed by atoms with Crippen LogP contribution in [0.1, 0.15) is 16.1 Å². The van der Waals surface area contributed by atoms with Crippen LogP contribution in [0, 0.1) is 0 Å². The van der Waals surface area contributed by atoms with Gasteiger partial charge in [-0.1, -0.05) is 23.7 Å². The van der Waals surface area contributed by atoms with E-state index >= 15 is 0 Å². The van der Waals surface area contributed by atoms with Crippen LogP contribution in [0.5, 0.6) is 5.75 Å². The van der Waals surface area contributed by atoms with E-state index in [1.54, 1.807) is 19.2 Å². The fraction of sp³-hybridized carbons (Fsp3) is 0.143. The van der Waals surface area contributed by atoms with Gasteiger partial charge in [0.2, 0.25) is 0 Å². The fourth-order valence-corrected chi connectivity index (χ4v) is 1.82. The van der Waals surface area contributed by atoms with Gasteiger partial charge in [-0.15, -0.1) is 0 Å². The smallest absolute Gasteiger partial charge is 0.271 e. The van der Waals surface area contributed by atoms with E-state index in [0.29, 0.717) is 6.54 Å². The quantitative estimate of drug-likeness (QED) is 0.906. The van der Waals surface area contributed by atoms with Crippen LogP contribution in [0.4, 0.5) is 5.82 Å². The Bertz CT molecular complexity index is 614. The second kappa shape index (κ2) is 6.25. The summed E-state index contributed by atoms with van der Waals surface area (Å²) in [5, 5.41) is 3.01. The molecule has 0 fully saturated rings. The zero-order valence-corrected chi connectivity index (χ0v) is 11.6. The normalized spacial score (nSPS) is 10.1. The molecule has 104 valence electrons. The molecule has 0 aliphatic rings. The third-order valence-electron chi connectivity index (χ3n) is 2.69. The van der Waals surface area contributed by atoms with Crippen LogP contribution in [0.15, 0.2) is 36.4 Å². The molecule has 1 amide bonds. The van der Waals surface area contributed by atoms with Gasteiger partial charge in [0.15, 0.2) is 0 Å². The first-order valence-corrected chi connectivity index (χ1v) is 6.31. The van der Waals surface area contributed by atoms with Crippen molar-refractivity contribution in [3.8, 4) is 5.75 Å².